The lowest BCUT2D eigenvalue weighted by Gasteiger charge is -1.83. The van der Waals surface area contributed by atoms with Crippen LogP contribution in [0.15, 0.2) is 29.1 Å². The van der Waals surface area contributed by atoms with Crippen molar-refractivity contribution in [1.82, 2.24) is 0 Å². The van der Waals surface area contributed by atoms with Crippen LogP contribution in [0.5, 0.6) is 0 Å². The Hall–Kier alpha value is -0.600. The summed E-state index contributed by atoms with van der Waals surface area (Å²) in [6.07, 6.45) is 1.34. The smallest absolute Gasteiger partial charge is 0.196 e. The van der Waals surface area contributed by atoms with Crippen molar-refractivity contribution in [3.05, 3.63) is 34.0 Å². The maximum absolute atomic E-state index is 10.9. The number of carbonyl (C=O) groups excluding carboxylic acids is 1. The molecule has 1 heterocycles. The second-order valence-electron chi connectivity index (χ2n) is 1.63. The minimum absolute atomic E-state index is 0.0370. The molecule has 0 unspecified atom stereocenters. The number of hydrogen-bond donors (Lipinski definition) is 0. The Morgan fingerprint density at radius 3 is 3.00 bits per heavy atom. The van der Waals surface area contributed by atoms with Gasteiger partial charge in [-0.25, -0.2) is 0 Å². The summed E-state index contributed by atoms with van der Waals surface area (Å²) in [5.41, 5.74) is 1.22. The normalized spacial score (nSPS) is 10.5. The third kappa shape index (κ3) is 1.69. The van der Waals surface area contributed by atoms with Crippen LogP contribution in [0.2, 0.25) is 0 Å². The van der Waals surface area contributed by atoms with E-state index in [4.69, 9.17) is 11.6 Å². The van der Waals surface area contributed by atoms with Gasteiger partial charge >= 0.3 is 0 Å². The fraction of sp³-hybridized carbons (Fsp3) is 0. The van der Waals surface area contributed by atoms with Crippen LogP contribution in [0, 0.1) is 0 Å². The molecule has 1 aromatic rings. The maximum Gasteiger partial charge on any atom is 0.196 e. The average Bonchev–Trinajstić information content (AvgIpc) is 2.38. The van der Waals surface area contributed by atoms with Gasteiger partial charge in [0, 0.05) is 5.54 Å². The third-order valence-electron chi connectivity index (χ3n) is 0.978. The Morgan fingerprint density at radius 2 is 2.50 bits per heavy atom. The van der Waals surface area contributed by atoms with Crippen LogP contribution in [-0.2, 0) is 0 Å². The second kappa shape index (κ2) is 3.54. The van der Waals surface area contributed by atoms with Gasteiger partial charge in [-0.05, 0) is 17.5 Å². The van der Waals surface area contributed by atoms with E-state index in [0.717, 1.165) is 4.88 Å². The molecule has 1 rings (SSSR count). The number of allylic oxidation sites excluding steroid dienone is 1. The highest BCUT2D eigenvalue weighted by Crippen LogP contribution is 2.09. The molecule has 1 aromatic heterocycles. The second-order valence-corrected chi connectivity index (χ2v) is 2.83. The van der Waals surface area contributed by atoms with E-state index in [1.807, 2.05) is 11.4 Å². The Bertz CT molecular complexity index is 238. The van der Waals surface area contributed by atoms with Gasteiger partial charge in [0.25, 0.3) is 0 Å². The van der Waals surface area contributed by atoms with Crippen LogP contribution in [0.3, 0.4) is 0 Å². The molecule has 52 valence electrons. The van der Waals surface area contributed by atoms with Crippen molar-refractivity contribution in [2.45, 2.75) is 0 Å². The quantitative estimate of drug-likeness (QED) is 0.495. The minimum Gasteiger partial charge on any atom is -0.288 e. The zero-order valence-corrected chi connectivity index (χ0v) is 6.65. The molecule has 0 bridgehead atoms. The molecule has 0 aromatic carbocycles. The summed E-state index contributed by atoms with van der Waals surface area (Å²) in [6, 6.07) is 3.60. The molecule has 0 saturated heterocycles. The van der Waals surface area contributed by atoms with Crippen molar-refractivity contribution >= 4 is 28.7 Å². The molecule has 3 heteroatoms. The molecular formula is C7H5ClOS. The monoisotopic (exact) mass is 172 g/mol. The molecule has 0 aliphatic heterocycles. The van der Waals surface area contributed by atoms with Crippen molar-refractivity contribution in [2.75, 3.05) is 0 Å². The van der Waals surface area contributed by atoms with Crippen LogP contribution in [0.4, 0.5) is 0 Å². The molecule has 0 saturated carbocycles. The molecule has 0 aliphatic rings. The highest BCUT2D eigenvalue weighted by atomic mass is 35.5. The molecule has 0 amide bonds. The van der Waals surface area contributed by atoms with Crippen molar-refractivity contribution in [3.63, 3.8) is 0 Å². The predicted molar refractivity (Wildman–Crippen MR) is 43.6 cm³/mol. The van der Waals surface area contributed by atoms with E-state index in [9.17, 15) is 4.79 Å². The van der Waals surface area contributed by atoms with Gasteiger partial charge < -0.3 is 0 Å². The molecule has 0 atom stereocenters. The third-order valence-corrected chi connectivity index (χ3v) is 1.99. The topological polar surface area (TPSA) is 17.1 Å². The number of hydrogen-bond acceptors (Lipinski definition) is 2. The molecule has 0 fully saturated rings. The van der Waals surface area contributed by atoms with E-state index >= 15 is 0 Å². The van der Waals surface area contributed by atoms with Crippen LogP contribution in [-0.4, -0.2) is 5.78 Å². The average molecular weight is 173 g/mol. The first-order valence-electron chi connectivity index (χ1n) is 2.69. The highest BCUT2D eigenvalue weighted by Gasteiger charge is 1.99. The first-order chi connectivity index (χ1) is 4.84. The lowest BCUT2D eigenvalue weighted by atomic mass is 10.3. The van der Waals surface area contributed by atoms with E-state index in [1.54, 1.807) is 6.07 Å². The lowest BCUT2D eigenvalue weighted by Crippen LogP contribution is -1.86. The summed E-state index contributed by atoms with van der Waals surface area (Å²) >= 11 is 6.63. The summed E-state index contributed by atoms with van der Waals surface area (Å²) in [5.74, 6) is -0.0370. The molecule has 10 heavy (non-hydrogen) atoms. The Morgan fingerprint density at radius 1 is 1.70 bits per heavy atom. The van der Waals surface area contributed by atoms with Crippen LogP contribution >= 0.6 is 22.9 Å². The van der Waals surface area contributed by atoms with Gasteiger partial charge in [-0.15, -0.1) is 11.3 Å². The number of carbonyl (C=O) groups is 1. The van der Waals surface area contributed by atoms with E-state index in [0.29, 0.717) is 0 Å². The number of rotatable bonds is 2. The summed E-state index contributed by atoms with van der Waals surface area (Å²) in [4.78, 5) is 11.7. The summed E-state index contributed by atoms with van der Waals surface area (Å²) in [5, 5.41) is 1.86. The fourth-order valence-corrected chi connectivity index (χ4v) is 1.32. The maximum atomic E-state index is 10.9. The first kappa shape index (κ1) is 7.51. The zero-order chi connectivity index (χ0) is 7.40. The van der Waals surface area contributed by atoms with Gasteiger partial charge in [0.2, 0.25) is 0 Å². The van der Waals surface area contributed by atoms with E-state index in [-0.39, 0.29) is 5.78 Å². The number of ketones is 1. The SMILES string of the molecule is O=C(/C=C\Cl)c1cccs1. The molecule has 0 aliphatic carbocycles. The Kier molecular flexibility index (Phi) is 2.66. The number of thiophene rings is 1. The van der Waals surface area contributed by atoms with Gasteiger partial charge in [0.15, 0.2) is 5.78 Å². The zero-order valence-electron chi connectivity index (χ0n) is 5.08. The Labute approximate surface area is 67.9 Å². The van der Waals surface area contributed by atoms with Crippen molar-refractivity contribution < 1.29 is 4.79 Å². The lowest BCUT2D eigenvalue weighted by molar-refractivity contribution is 0.105. The van der Waals surface area contributed by atoms with Gasteiger partial charge in [-0.2, -0.15) is 0 Å². The Balaban J connectivity index is 2.78. The first-order valence-corrected chi connectivity index (χ1v) is 4.01. The van der Waals surface area contributed by atoms with Gasteiger partial charge in [-0.3, -0.25) is 4.79 Å². The van der Waals surface area contributed by atoms with Gasteiger partial charge in [-0.1, -0.05) is 17.7 Å². The van der Waals surface area contributed by atoms with Crippen molar-refractivity contribution in [2.24, 2.45) is 0 Å². The summed E-state index contributed by atoms with van der Waals surface area (Å²) < 4.78 is 0. The van der Waals surface area contributed by atoms with Crippen LogP contribution in [0.25, 0.3) is 0 Å². The predicted octanol–water partition coefficient (Wildman–Crippen LogP) is 2.68. The molecular weight excluding hydrogens is 168 g/mol. The molecule has 0 spiro atoms. The van der Waals surface area contributed by atoms with Crippen LogP contribution < -0.4 is 0 Å². The van der Waals surface area contributed by atoms with Gasteiger partial charge in [0.05, 0.1) is 4.88 Å². The standard InChI is InChI=1S/C7H5ClOS/c8-4-3-6(9)7-2-1-5-10-7/h1-5H/b4-3-. The van der Waals surface area contributed by atoms with E-state index in [1.165, 1.54) is 22.9 Å². The molecule has 1 nitrogen and oxygen atoms in total. The van der Waals surface area contributed by atoms with Crippen LogP contribution in [0.1, 0.15) is 9.67 Å². The van der Waals surface area contributed by atoms with E-state index in [2.05, 4.69) is 0 Å². The van der Waals surface area contributed by atoms with E-state index < -0.39 is 0 Å². The van der Waals surface area contributed by atoms with Gasteiger partial charge in [0.1, 0.15) is 0 Å². The minimum atomic E-state index is -0.0370. The van der Waals surface area contributed by atoms with Crippen molar-refractivity contribution in [3.8, 4) is 0 Å². The largest absolute Gasteiger partial charge is 0.288 e. The van der Waals surface area contributed by atoms with Crippen molar-refractivity contribution in [1.29, 1.82) is 0 Å². The summed E-state index contributed by atoms with van der Waals surface area (Å²) in [7, 11) is 0. The number of halogens is 1. The highest BCUT2D eigenvalue weighted by molar-refractivity contribution is 7.12. The summed E-state index contributed by atoms with van der Waals surface area (Å²) in [6.45, 7) is 0. The fourth-order valence-electron chi connectivity index (χ4n) is 0.558. The molecule has 0 N–H and O–H groups in total. The molecule has 0 radical (unpaired) electrons.